The van der Waals surface area contributed by atoms with Gasteiger partial charge in [0.15, 0.2) is 0 Å². The van der Waals surface area contributed by atoms with Crippen LogP contribution in [0.4, 0.5) is 0 Å². The number of aliphatic hydroxyl groups excluding tert-OH is 4. The van der Waals surface area contributed by atoms with Crippen molar-refractivity contribution < 1.29 is 25.2 Å². The second-order valence-corrected chi connectivity index (χ2v) is 7.92. The fraction of sp³-hybridized carbons (Fsp3) is 0.952. The number of unbranched alkanes of at least 4 members (excludes halogenated alkanes) is 6. The number of Topliss-reactive ketones (excluding diaryl/α,β-unsaturated/α-hetero) is 1. The molecule has 4 atom stereocenters. The number of aliphatic hydroxyl groups is 4. The summed E-state index contributed by atoms with van der Waals surface area (Å²) in [7, 11) is 0. The van der Waals surface area contributed by atoms with Crippen molar-refractivity contribution in [3.63, 3.8) is 0 Å². The summed E-state index contributed by atoms with van der Waals surface area (Å²) in [5, 5.41) is 38.7. The Kier molecular flexibility index (Phi) is 13.1. The summed E-state index contributed by atoms with van der Waals surface area (Å²) >= 11 is 0. The van der Waals surface area contributed by atoms with E-state index < -0.39 is 12.2 Å². The third-order valence-electron chi connectivity index (χ3n) is 5.73. The average molecular weight is 388 g/mol. The van der Waals surface area contributed by atoms with Crippen LogP contribution in [0.5, 0.6) is 0 Å². The molecule has 4 N–H and O–H groups in total. The minimum Gasteiger partial charge on any atom is -0.396 e. The highest BCUT2D eigenvalue weighted by Crippen LogP contribution is 2.29. The second kappa shape index (κ2) is 14.5. The Hall–Kier alpha value is -0.530. The van der Waals surface area contributed by atoms with Crippen molar-refractivity contribution in [1.29, 1.82) is 0 Å². The molecule has 6 heteroatoms. The fourth-order valence-corrected chi connectivity index (χ4v) is 4.19. The van der Waals surface area contributed by atoms with E-state index in [1.165, 1.54) is 6.42 Å². The van der Waals surface area contributed by atoms with Gasteiger partial charge in [-0.1, -0.05) is 45.4 Å². The molecule has 0 unspecified atom stereocenters. The lowest BCUT2D eigenvalue weighted by Gasteiger charge is -2.29. The molecule has 1 fully saturated rings. The molecule has 0 spiro atoms. The van der Waals surface area contributed by atoms with Gasteiger partial charge in [0.05, 0.1) is 24.9 Å². The Morgan fingerprint density at radius 1 is 0.815 bits per heavy atom. The number of carbonyl (C=O) groups is 1. The van der Waals surface area contributed by atoms with E-state index in [1.54, 1.807) is 0 Å². The Balaban J connectivity index is 2.11. The number of ketones is 1. The van der Waals surface area contributed by atoms with Crippen molar-refractivity contribution >= 4 is 5.78 Å². The summed E-state index contributed by atoms with van der Waals surface area (Å²) in [6.07, 6.45) is 9.53. The predicted octanol–water partition coefficient (Wildman–Crippen LogP) is 2.02. The lowest BCUT2D eigenvalue weighted by atomic mass is 10.0. The Bertz CT molecular complexity index is 393. The van der Waals surface area contributed by atoms with Crippen molar-refractivity contribution in [2.75, 3.05) is 19.8 Å². The SMILES string of the molecule is CCCN1[C@H](CO)[C@H](O)[C@H](O)[C@H]1CCCCCCCCCC(=O)CCCO. The molecule has 0 amide bonds. The normalized spacial score (nSPS) is 26.0. The molecule has 1 rings (SSSR count). The molecule has 0 saturated carbocycles. The molecule has 6 nitrogen and oxygen atoms in total. The maximum Gasteiger partial charge on any atom is 0.132 e. The molecule has 0 aromatic heterocycles. The van der Waals surface area contributed by atoms with Gasteiger partial charge in [0.2, 0.25) is 0 Å². The topological polar surface area (TPSA) is 101 Å². The van der Waals surface area contributed by atoms with Crippen molar-refractivity contribution in [3.8, 4) is 0 Å². The summed E-state index contributed by atoms with van der Waals surface area (Å²) in [4.78, 5) is 13.6. The molecule has 0 aliphatic carbocycles. The third kappa shape index (κ3) is 8.57. The molecular weight excluding hydrogens is 346 g/mol. The van der Waals surface area contributed by atoms with E-state index in [1.807, 2.05) is 0 Å². The first-order valence-corrected chi connectivity index (χ1v) is 10.9. The monoisotopic (exact) mass is 387 g/mol. The number of nitrogens with zero attached hydrogens (tertiary/aromatic N) is 1. The van der Waals surface area contributed by atoms with E-state index in [-0.39, 0.29) is 31.1 Å². The largest absolute Gasteiger partial charge is 0.396 e. The van der Waals surface area contributed by atoms with Gasteiger partial charge in [-0.15, -0.1) is 0 Å². The summed E-state index contributed by atoms with van der Waals surface area (Å²) in [6.45, 7) is 2.85. The molecule has 1 aliphatic heterocycles. The lowest BCUT2D eigenvalue weighted by Crippen LogP contribution is -2.41. The second-order valence-electron chi connectivity index (χ2n) is 7.92. The Morgan fingerprint density at radius 3 is 1.96 bits per heavy atom. The van der Waals surface area contributed by atoms with Gasteiger partial charge >= 0.3 is 0 Å². The van der Waals surface area contributed by atoms with E-state index >= 15 is 0 Å². The molecule has 1 saturated heterocycles. The van der Waals surface area contributed by atoms with Crippen LogP contribution in [0.15, 0.2) is 0 Å². The Labute approximate surface area is 164 Å². The van der Waals surface area contributed by atoms with E-state index in [0.717, 1.165) is 57.9 Å². The maximum absolute atomic E-state index is 11.5. The van der Waals surface area contributed by atoms with Gasteiger partial charge in [0.25, 0.3) is 0 Å². The molecule has 0 radical (unpaired) electrons. The first kappa shape index (κ1) is 24.5. The van der Waals surface area contributed by atoms with Crippen LogP contribution in [0.2, 0.25) is 0 Å². The van der Waals surface area contributed by atoms with Crippen LogP contribution < -0.4 is 0 Å². The van der Waals surface area contributed by atoms with Crippen LogP contribution in [0.1, 0.15) is 84.0 Å². The van der Waals surface area contributed by atoms with Crippen LogP contribution >= 0.6 is 0 Å². The highest BCUT2D eigenvalue weighted by Gasteiger charge is 2.46. The third-order valence-corrected chi connectivity index (χ3v) is 5.73. The summed E-state index contributed by atoms with van der Waals surface area (Å²) in [5.74, 6) is 0.263. The van der Waals surface area contributed by atoms with E-state index in [9.17, 15) is 20.1 Å². The molecule has 0 bridgehead atoms. The minimum absolute atomic E-state index is 0.0537. The number of likely N-dealkylation sites (tertiary alicyclic amines) is 1. The molecule has 160 valence electrons. The lowest BCUT2D eigenvalue weighted by molar-refractivity contribution is -0.119. The molecular formula is C21H41NO5. The van der Waals surface area contributed by atoms with Crippen molar-refractivity contribution in [3.05, 3.63) is 0 Å². The molecule has 1 aliphatic rings. The van der Waals surface area contributed by atoms with Crippen LogP contribution in [0.3, 0.4) is 0 Å². The van der Waals surface area contributed by atoms with Gasteiger partial charge in [-0.3, -0.25) is 9.69 Å². The zero-order chi connectivity index (χ0) is 20.1. The number of carbonyl (C=O) groups excluding carboxylic acids is 1. The van der Waals surface area contributed by atoms with Gasteiger partial charge < -0.3 is 20.4 Å². The summed E-state index contributed by atoms with van der Waals surface area (Å²) in [5.41, 5.74) is 0. The molecule has 27 heavy (non-hydrogen) atoms. The van der Waals surface area contributed by atoms with Crippen LogP contribution in [-0.2, 0) is 4.79 Å². The highest BCUT2D eigenvalue weighted by molar-refractivity contribution is 5.78. The average Bonchev–Trinajstić information content (AvgIpc) is 2.89. The number of hydrogen-bond donors (Lipinski definition) is 4. The van der Waals surface area contributed by atoms with Crippen LogP contribution in [0.25, 0.3) is 0 Å². The number of rotatable bonds is 16. The van der Waals surface area contributed by atoms with Gasteiger partial charge in [0.1, 0.15) is 5.78 Å². The standard InChI is InChI=1S/C21H41NO5/c1-2-14-22-18(20(26)21(27)19(22)16-24)13-9-7-5-3-4-6-8-11-17(25)12-10-15-23/h18-21,23-24,26-27H,2-16H2,1H3/t18-,19-,20-,21+/m1/s1. The van der Waals surface area contributed by atoms with Crippen molar-refractivity contribution in [2.45, 2.75) is 108 Å². The van der Waals surface area contributed by atoms with Gasteiger partial charge in [-0.2, -0.15) is 0 Å². The smallest absolute Gasteiger partial charge is 0.132 e. The zero-order valence-electron chi connectivity index (χ0n) is 17.1. The first-order valence-electron chi connectivity index (χ1n) is 10.9. The van der Waals surface area contributed by atoms with Gasteiger partial charge in [-0.05, 0) is 32.2 Å². The molecule has 0 aromatic carbocycles. The van der Waals surface area contributed by atoms with E-state index in [4.69, 9.17) is 5.11 Å². The Morgan fingerprint density at radius 2 is 1.37 bits per heavy atom. The molecule has 1 heterocycles. The van der Waals surface area contributed by atoms with Crippen LogP contribution in [-0.4, -0.2) is 75.2 Å². The fourth-order valence-electron chi connectivity index (χ4n) is 4.19. The zero-order valence-corrected chi connectivity index (χ0v) is 17.1. The van der Waals surface area contributed by atoms with Crippen molar-refractivity contribution in [1.82, 2.24) is 4.90 Å². The van der Waals surface area contributed by atoms with Gasteiger partial charge in [0, 0.05) is 25.5 Å². The minimum atomic E-state index is -0.855. The highest BCUT2D eigenvalue weighted by atomic mass is 16.3. The maximum atomic E-state index is 11.5. The van der Waals surface area contributed by atoms with E-state index in [0.29, 0.717) is 19.3 Å². The summed E-state index contributed by atoms with van der Waals surface area (Å²) < 4.78 is 0. The van der Waals surface area contributed by atoms with Gasteiger partial charge in [-0.25, -0.2) is 0 Å². The molecule has 0 aromatic rings. The van der Waals surface area contributed by atoms with E-state index in [2.05, 4.69) is 11.8 Å². The predicted molar refractivity (Wildman–Crippen MR) is 107 cm³/mol. The quantitative estimate of drug-likeness (QED) is 0.302. The first-order chi connectivity index (χ1) is 13.1. The van der Waals surface area contributed by atoms with Crippen LogP contribution in [0, 0.1) is 0 Å². The van der Waals surface area contributed by atoms with Crippen molar-refractivity contribution in [2.24, 2.45) is 0 Å². The number of hydrogen-bond acceptors (Lipinski definition) is 6. The summed E-state index contributed by atoms with van der Waals surface area (Å²) in [6, 6.07) is -0.396.